The average Bonchev–Trinajstić information content (AvgIpc) is 3.08. The van der Waals surface area contributed by atoms with E-state index in [1.165, 1.54) is 23.1 Å². The second-order valence-corrected chi connectivity index (χ2v) is 6.97. The summed E-state index contributed by atoms with van der Waals surface area (Å²) in [7, 11) is 0. The van der Waals surface area contributed by atoms with E-state index in [9.17, 15) is 14.4 Å². The van der Waals surface area contributed by atoms with E-state index in [1.807, 2.05) is 24.3 Å². The van der Waals surface area contributed by atoms with E-state index in [0.717, 1.165) is 10.6 Å². The topological polar surface area (TPSA) is 87.3 Å². The molecule has 0 saturated heterocycles. The number of fused-ring (bicyclic) bond motifs is 1. The van der Waals surface area contributed by atoms with Crippen LogP contribution in [0.15, 0.2) is 46.7 Å². The number of anilines is 1. The maximum Gasteiger partial charge on any atom is 0.279 e. The molecule has 118 valence electrons. The Kier molecular flexibility index (Phi) is 4.63. The predicted molar refractivity (Wildman–Crippen MR) is 89.3 cm³/mol. The monoisotopic (exact) mass is 347 g/mol. The van der Waals surface area contributed by atoms with Gasteiger partial charge in [-0.2, -0.15) is 0 Å². The van der Waals surface area contributed by atoms with E-state index in [4.69, 9.17) is 0 Å². The zero-order valence-electron chi connectivity index (χ0n) is 11.9. The number of thiophene rings is 1. The lowest BCUT2D eigenvalue weighted by Crippen LogP contribution is -2.43. The zero-order valence-corrected chi connectivity index (χ0v) is 13.5. The van der Waals surface area contributed by atoms with Crippen LogP contribution in [0.1, 0.15) is 16.1 Å². The molecule has 3 rings (SSSR count). The van der Waals surface area contributed by atoms with Crippen LogP contribution in [-0.4, -0.2) is 23.0 Å². The van der Waals surface area contributed by atoms with Crippen molar-refractivity contribution in [3.8, 4) is 0 Å². The van der Waals surface area contributed by atoms with Gasteiger partial charge in [-0.1, -0.05) is 18.2 Å². The molecule has 0 spiro atoms. The van der Waals surface area contributed by atoms with Crippen LogP contribution in [0.2, 0.25) is 0 Å². The quantitative estimate of drug-likeness (QED) is 0.741. The summed E-state index contributed by atoms with van der Waals surface area (Å²) >= 11 is 2.62. The van der Waals surface area contributed by atoms with Crippen molar-refractivity contribution >= 4 is 46.5 Å². The molecule has 0 radical (unpaired) electrons. The minimum Gasteiger partial charge on any atom is -0.324 e. The lowest BCUT2D eigenvalue weighted by molar-refractivity contribution is -0.124. The summed E-state index contributed by atoms with van der Waals surface area (Å²) in [5.41, 5.74) is 5.43. The molecule has 1 atom stereocenters. The third-order valence-electron chi connectivity index (χ3n) is 3.14. The molecule has 23 heavy (non-hydrogen) atoms. The zero-order chi connectivity index (χ0) is 16.2. The lowest BCUT2D eigenvalue weighted by Gasteiger charge is -2.23. The van der Waals surface area contributed by atoms with Gasteiger partial charge in [0.15, 0.2) is 0 Å². The van der Waals surface area contributed by atoms with E-state index in [1.54, 1.807) is 17.5 Å². The highest BCUT2D eigenvalue weighted by Crippen LogP contribution is 2.36. The average molecular weight is 347 g/mol. The van der Waals surface area contributed by atoms with Crippen LogP contribution in [0.4, 0.5) is 5.69 Å². The number of hydrazine groups is 1. The predicted octanol–water partition coefficient (Wildman–Crippen LogP) is 2.01. The van der Waals surface area contributed by atoms with Crippen molar-refractivity contribution < 1.29 is 14.4 Å². The van der Waals surface area contributed by atoms with Crippen molar-refractivity contribution in [1.82, 2.24) is 10.9 Å². The first-order valence-electron chi connectivity index (χ1n) is 6.83. The number of amides is 3. The summed E-state index contributed by atoms with van der Waals surface area (Å²) < 4.78 is 0. The fourth-order valence-electron chi connectivity index (χ4n) is 2.04. The maximum absolute atomic E-state index is 12.0. The third-order valence-corrected chi connectivity index (χ3v) is 5.28. The number of carbonyl (C=O) groups excluding carboxylic acids is 3. The second-order valence-electron chi connectivity index (χ2n) is 4.78. The molecule has 1 aliphatic rings. The molecule has 1 aromatic heterocycles. The Morgan fingerprint density at radius 2 is 1.96 bits per heavy atom. The van der Waals surface area contributed by atoms with Gasteiger partial charge < -0.3 is 5.32 Å². The van der Waals surface area contributed by atoms with E-state index >= 15 is 0 Å². The van der Waals surface area contributed by atoms with Crippen LogP contribution < -0.4 is 16.2 Å². The number of thioether (sulfide) groups is 1. The molecule has 0 bridgehead atoms. The van der Waals surface area contributed by atoms with Gasteiger partial charge in [-0.05, 0) is 23.6 Å². The lowest BCUT2D eigenvalue weighted by atomic mass is 10.2. The van der Waals surface area contributed by atoms with Crippen LogP contribution in [0, 0.1) is 0 Å². The van der Waals surface area contributed by atoms with Gasteiger partial charge in [-0.3, -0.25) is 25.2 Å². The Morgan fingerprint density at radius 3 is 2.74 bits per heavy atom. The molecule has 3 amide bonds. The second kappa shape index (κ2) is 6.84. The highest BCUT2D eigenvalue weighted by atomic mass is 32.2. The highest BCUT2D eigenvalue weighted by molar-refractivity contribution is 8.01. The Hall–Kier alpha value is -2.32. The first-order chi connectivity index (χ1) is 11.1. The number of carbonyl (C=O) groups is 3. The Bertz CT molecular complexity index is 746. The van der Waals surface area contributed by atoms with Crippen molar-refractivity contribution in [2.75, 3.05) is 5.32 Å². The van der Waals surface area contributed by atoms with E-state index in [0.29, 0.717) is 4.88 Å². The summed E-state index contributed by atoms with van der Waals surface area (Å²) in [6, 6.07) is 10.8. The number of benzene rings is 1. The molecule has 3 N–H and O–H groups in total. The Labute approximate surface area is 140 Å². The molecule has 8 heteroatoms. The number of rotatable bonds is 3. The van der Waals surface area contributed by atoms with Crippen molar-refractivity contribution in [3.05, 3.63) is 46.7 Å². The van der Waals surface area contributed by atoms with Crippen LogP contribution in [0.25, 0.3) is 0 Å². The highest BCUT2D eigenvalue weighted by Gasteiger charge is 2.28. The van der Waals surface area contributed by atoms with Crippen molar-refractivity contribution in [1.29, 1.82) is 0 Å². The van der Waals surface area contributed by atoms with Gasteiger partial charge in [0, 0.05) is 11.3 Å². The summed E-state index contributed by atoms with van der Waals surface area (Å²) in [4.78, 5) is 37.1. The molecule has 2 aromatic rings. The van der Waals surface area contributed by atoms with E-state index in [2.05, 4.69) is 16.2 Å². The largest absolute Gasteiger partial charge is 0.324 e. The standard InChI is InChI=1S/C15H13N3O3S2/c19-13(17-18-15(21)11-6-3-7-22-11)8-12-14(20)16-9-4-1-2-5-10(9)23-12/h1-7,12H,8H2,(H,16,20)(H,17,19)(H,18,21)/t12-/m0/s1. The number of hydrogen-bond acceptors (Lipinski definition) is 5. The fourth-order valence-corrected chi connectivity index (χ4v) is 3.77. The summed E-state index contributed by atoms with van der Waals surface area (Å²) in [5.74, 6) is -1.00. The third kappa shape index (κ3) is 3.72. The maximum atomic E-state index is 12.0. The molecular formula is C15H13N3O3S2. The molecule has 6 nitrogen and oxygen atoms in total. The number of para-hydroxylation sites is 1. The normalized spacial score (nSPS) is 16.2. The van der Waals surface area contributed by atoms with Gasteiger partial charge in [-0.15, -0.1) is 23.1 Å². The molecule has 0 aliphatic carbocycles. The van der Waals surface area contributed by atoms with Gasteiger partial charge in [0.2, 0.25) is 11.8 Å². The molecule has 1 aliphatic heterocycles. The first-order valence-corrected chi connectivity index (χ1v) is 8.58. The van der Waals surface area contributed by atoms with Crippen LogP contribution in [0.3, 0.4) is 0 Å². The van der Waals surface area contributed by atoms with Gasteiger partial charge in [0.25, 0.3) is 5.91 Å². The van der Waals surface area contributed by atoms with Gasteiger partial charge in [-0.25, -0.2) is 0 Å². The Morgan fingerprint density at radius 1 is 1.13 bits per heavy atom. The number of hydrogen-bond donors (Lipinski definition) is 3. The molecular weight excluding hydrogens is 334 g/mol. The van der Waals surface area contributed by atoms with E-state index in [-0.39, 0.29) is 18.2 Å². The minimum absolute atomic E-state index is 0.0183. The van der Waals surface area contributed by atoms with Crippen molar-refractivity contribution in [3.63, 3.8) is 0 Å². The molecule has 0 saturated carbocycles. The van der Waals surface area contributed by atoms with Crippen LogP contribution in [-0.2, 0) is 9.59 Å². The van der Waals surface area contributed by atoms with Gasteiger partial charge in [0.1, 0.15) is 0 Å². The van der Waals surface area contributed by atoms with Crippen LogP contribution in [0.5, 0.6) is 0 Å². The Balaban J connectivity index is 1.54. The molecule has 1 aromatic carbocycles. The van der Waals surface area contributed by atoms with Gasteiger partial charge in [0.05, 0.1) is 15.8 Å². The number of nitrogens with one attached hydrogen (secondary N) is 3. The SMILES string of the molecule is O=C(C[C@@H]1Sc2ccccc2NC1=O)NNC(=O)c1cccs1. The summed E-state index contributed by atoms with van der Waals surface area (Å²) in [6.45, 7) is 0. The molecule has 0 unspecified atom stereocenters. The van der Waals surface area contributed by atoms with Crippen LogP contribution >= 0.6 is 23.1 Å². The molecule has 2 heterocycles. The van der Waals surface area contributed by atoms with Crippen molar-refractivity contribution in [2.45, 2.75) is 16.6 Å². The van der Waals surface area contributed by atoms with E-state index < -0.39 is 11.2 Å². The smallest absolute Gasteiger partial charge is 0.279 e. The summed E-state index contributed by atoms with van der Waals surface area (Å²) in [6.07, 6.45) is -0.0183. The summed E-state index contributed by atoms with van der Waals surface area (Å²) in [5, 5.41) is 4.03. The minimum atomic E-state index is -0.525. The first kappa shape index (κ1) is 15.6. The van der Waals surface area contributed by atoms with Gasteiger partial charge >= 0.3 is 0 Å². The fraction of sp³-hybridized carbons (Fsp3) is 0.133. The van der Waals surface area contributed by atoms with Crippen molar-refractivity contribution in [2.24, 2.45) is 0 Å². The molecule has 0 fully saturated rings.